The zero-order valence-corrected chi connectivity index (χ0v) is 12.4. The first kappa shape index (κ1) is 16.0. The smallest absolute Gasteiger partial charge is 0.317 e. The molecule has 21 heavy (non-hydrogen) atoms. The molecule has 2 heterocycles. The molecule has 0 aromatic rings. The van der Waals surface area contributed by atoms with Crippen molar-refractivity contribution >= 4 is 12.0 Å². The number of carboxylic acid groups (broad SMARTS) is 1. The first-order valence-corrected chi connectivity index (χ1v) is 7.46. The third-order valence-corrected chi connectivity index (χ3v) is 4.68. The Morgan fingerprint density at radius 1 is 1.43 bits per heavy atom. The number of urea groups is 1. The molecule has 2 aliphatic rings. The number of nitrogens with one attached hydrogen (secondary N) is 1. The Labute approximate surface area is 124 Å². The topological polar surface area (TPSA) is 99.1 Å². The molecule has 3 N–H and O–H groups in total. The number of ether oxygens (including phenoxy) is 1. The highest BCUT2D eigenvalue weighted by molar-refractivity contribution is 5.78. The number of rotatable bonds is 4. The van der Waals surface area contributed by atoms with E-state index in [2.05, 4.69) is 5.32 Å². The quantitative estimate of drug-likeness (QED) is 0.692. The highest BCUT2D eigenvalue weighted by Crippen LogP contribution is 2.30. The average molecular weight is 300 g/mol. The van der Waals surface area contributed by atoms with Crippen LogP contribution in [-0.4, -0.2) is 66.1 Å². The van der Waals surface area contributed by atoms with Crippen LogP contribution in [0.1, 0.15) is 26.2 Å². The summed E-state index contributed by atoms with van der Waals surface area (Å²) in [6.07, 6.45) is 1.18. The Kier molecular flexibility index (Phi) is 5.05. The van der Waals surface area contributed by atoms with Crippen LogP contribution < -0.4 is 5.32 Å². The lowest BCUT2D eigenvalue weighted by Gasteiger charge is -2.33. The lowest BCUT2D eigenvalue weighted by Crippen LogP contribution is -2.49. The molecule has 2 rings (SSSR count). The van der Waals surface area contributed by atoms with E-state index in [0.29, 0.717) is 39.1 Å². The number of carboxylic acids is 1. The SMILES string of the molecule is CC(O)C1CCN(C(=O)NCC2(C(=O)O)CCOCC2)C1. The van der Waals surface area contributed by atoms with Crippen LogP contribution in [0.25, 0.3) is 0 Å². The molecule has 2 unspecified atom stereocenters. The number of carbonyl (C=O) groups excluding carboxylic acids is 1. The second kappa shape index (κ2) is 6.62. The van der Waals surface area contributed by atoms with E-state index < -0.39 is 17.5 Å². The molecular weight excluding hydrogens is 276 g/mol. The number of amides is 2. The first-order valence-electron chi connectivity index (χ1n) is 7.46. The Hall–Kier alpha value is -1.34. The van der Waals surface area contributed by atoms with E-state index in [4.69, 9.17) is 4.74 Å². The Balaban J connectivity index is 1.86. The van der Waals surface area contributed by atoms with E-state index in [0.717, 1.165) is 6.42 Å². The van der Waals surface area contributed by atoms with Gasteiger partial charge in [0.2, 0.25) is 0 Å². The maximum Gasteiger partial charge on any atom is 0.317 e. The highest BCUT2D eigenvalue weighted by atomic mass is 16.5. The van der Waals surface area contributed by atoms with Crippen molar-refractivity contribution < 1.29 is 24.5 Å². The molecule has 2 fully saturated rings. The van der Waals surface area contributed by atoms with Crippen LogP contribution in [0.4, 0.5) is 4.79 Å². The Bertz CT molecular complexity index is 393. The van der Waals surface area contributed by atoms with Gasteiger partial charge >= 0.3 is 12.0 Å². The molecule has 2 saturated heterocycles. The van der Waals surface area contributed by atoms with Crippen molar-refractivity contribution in [2.24, 2.45) is 11.3 Å². The minimum absolute atomic E-state index is 0.104. The lowest BCUT2D eigenvalue weighted by molar-refractivity contribution is -0.154. The van der Waals surface area contributed by atoms with Crippen LogP contribution in [-0.2, 0) is 9.53 Å². The third-order valence-electron chi connectivity index (χ3n) is 4.68. The zero-order chi connectivity index (χ0) is 15.5. The van der Waals surface area contributed by atoms with Crippen molar-refractivity contribution in [1.29, 1.82) is 0 Å². The molecule has 7 nitrogen and oxygen atoms in total. The highest BCUT2D eigenvalue weighted by Gasteiger charge is 2.41. The summed E-state index contributed by atoms with van der Waals surface area (Å²) in [5, 5.41) is 21.7. The van der Waals surface area contributed by atoms with E-state index in [1.54, 1.807) is 11.8 Å². The van der Waals surface area contributed by atoms with Crippen LogP contribution in [0.15, 0.2) is 0 Å². The molecule has 0 aliphatic carbocycles. The molecule has 2 atom stereocenters. The van der Waals surface area contributed by atoms with E-state index in [1.165, 1.54) is 0 Å². The molecule has 120 valence electrons. The summed E-state index contributed by atoms with van der Waals surface area (Å²) in [7, 11) is 0. The fourth-order valence-electron chi connectivity index (χ4n) is 2.95. The van der Waals surface area contributed by atoms with Gasteiger partial charge in [-0.1, -0.05) is 0 Å². The van der Waals surface area contributed by atoms with E-state index >= 15 is 0 Å². The molecule has 7 heteroatoms. The summed E-state index contributed by atoms with van der Waals surface area (Å²) in [4.78, 5) is 25.3. The minimum Gasteiger partial charge on any atom is -0.481 e. The van der Waals surface area contributed by atoms with Gasteiger partial charge in [-0.2, -0.15) is 0 Å². The number of hydrogen-bond acceptors (Lipinski definition) is 4. The molecule has 2 amide bonds. The summed E-state index contributed by atoms with van der Waals surface area (Å²) in [5.41, 5.74) is -0.919. The van der Waals surface area contributed by atoms with Gasteiger partial charge in [0.25, 0.3) is 0 Å². The zero-order valence-electron chi connectivity index (χ0n) is 12.4. The largest absolute Gasteiger partial charge is 0.481 e. The van der Waals surface area contributed by atoms with Gasteiger partial charge in [-0.15, -0.1) is 0 Å². The molecule has 0 aromatic carbocycles. The number of aliphatic carboxylic acids is 1. The maximum atomic E-state index is 12.1. The number of aliphatic hydroxyl groups excluding tert-OH is 1. The van der Waals surface area contributed by atoms with Crippen LogP contribution in [0, 0.1) is 11.3 Å². The van der Waals surface area contributed by atoms with Crippen LogP contribution >= 0.6 is 0 Å². The van der Waals surface area contributed by atoms with Crippen molar-refractivity contribution in [3.63, 3.8) is 0 Å². The Morgan fingerprint density at radius 3 is 2.62 bits per heavy atom. The Morgan fingerprint density at radius 2 is 2.10 bits per heavy atom. The van der Waals surface area contributed by atoms with Crippen molar-refractivity contribution in [2.45, 2.75) is 32.3 Å². The van der Waals surface area contributed by atoms with Crippen molar-refractivity contribution in [3.05, 3.63) is 0 Å². The van der Waals surface area contributed by atoms with Crippen LogP contribution in [0.2, 0.25) is 0 Å². The van der Waals surface area contributed by atoms with E-state index in [1.807, 2.05) is 0 Å². The molecule has 0 radical (unpaired) electrons. The first-order chi connectivity index (χ1) is 9.94. The molecule has 2 aliphatic heterocycles. The van der Waals surface area contributed by atoms with Gasteiger partial charge in [-0.05, 0) is 26.2 Å². The second-order valence-corrected chi connectivity index (χ2v) is 6.09. The molecular formula is C14H24N2O5. The second-order valence-electron chi connectivity index (χ2n) is 6.09. The summed E-state index contributed by atoms with van der Waals surface area (Å²) >= 11 is 0. The van der Waals surface area contributed by atoms with Gasteiger partial charge in [0, 0.05) is 38.8 Å². The van der Waals surface area contributed by atoms with Gasteiger partial charge in [0.15, 0.2) is 0 Å². The fraction of sp³-hybridized carbons (Fsp3) is 0.857. The summed E-state index contributed by atoms with van der Waals surface area (Å²) < 4.78 is 5.21. The number of nitrogens with zero attached hydrogens (tertiary/aromatic N) is 1. The monoisotopic (exact) mass is 300 g/mol. The number of carbonyl (C=O) groups is 2. The minimum atomic E-state index is -0.919. The van der Waals surface area contributed by atoms with Crippen molar-refractivity contribution in [2.75, 3.05) is 32.8 Å². The van der Waals surface area contributed by atoms with Gasteiger partial charge in [0.1, 0.15) is 0 Å². The van der Waals surface area contributed by atoms with Gasteiger partial charge in [-0.25, -0.2) is 4.79 Å². The van der Waals surface area contributed by atoms with Crippen molar-refractivity contribution in [1.82, 2.24) is 10.2 Å². The van der Waals surface area contributed by atoms with Gasteiger partial charge < -0.3 is 25.2 Å². The number of hydrogen-bond donors (Lipinski definition) is 3. The van der Waals surface area contributed by atoms with Gasteiger partial charge in [-0.3, -0.25) is 4.79 Å². The third kappa shape index (κ3) is 3.65. The fourth-order valence-corrected chi connectivity index (χ4v) is 2.95. The molecule has 0 saturated carbocycles. The predicted octanol–water partition coefficient (Wildman–Crippen LogP) is 0.280. The summed E-state index contributed by atoms with van der Waals surface area (Å²) in [6, 6.07) is -0.245. The molecule has 0 aromatic heterocycles. The average Bonchev–Trinajstić information content (AvgIpc) is 2.95. The normalized spacial score (nSPS) is 26.4. The maximum absolute atomic E-state index is 12.1. The lowest BCUT2D eigenvalue weighted by atomic mass is 9.80. The summed E-state index contributed by atoms with van der Waals surface area (Å²) in [6.45, 7) is 3.80. The van der Waals surface area contributed by atoms with Crippen molar-refractivity contribution in [3.8, 4) is 0 Å². The van der Waals surface area contributed by atoms with Crippen LogP contribution in [0.5, 0.6) is 0 Å². The van der Waals surface area contributed by atoms with E-state index in [-0.39, 0.29) is 18.5 Å². The van der Waals surface area contributed by atoms with Gasteiger partial charge in [0.05, 0.1) is 11.5 Å². The molecule has 0 bridgehead atoms. The predicted molar refractivity (Wildman–Crippen MR) is 74.9 cm³/mol. The number of aliphatic hydroxyl groups is 1. The molecule has 0 spiro atoms. The summed E-state index contributed by atoms with van der Waals surface area (Å²) in [5.74, 6) is -0.776. The van der Waals surface area contributed by atoms with E-state index in [9.17, 15) is 19.8 Å². The number of likely N-dealkylation sites (tertiary alicyclic amines) is 1. The van der Waals surface area contributed by atoms with Crippen LogP contribution in [0.3, 0.4) is 0 Å². The standard InChI is InChI=1S/C14H24N2O5/c1-10(17)11-2-5-16(8-11)13(20)15-9-14(12(18)19)3-6-21-7-4-14/h10-11,17H,2-9H2,1H3,(H,15,20)(H,18,19).